The Hall–Kier alpha value is -3.02. The summed E-state index contributed by atoms with van der Waals surface area (Å²) in [6.07, 6.45) is 2.20. The van der Waals surface area contributed by atoms with Gasteiger partial charge in [-0.3, -0.25) is 4.79 Å². The van der Waals surface area contributed by atoms with Crippen LogP contribution in [0.3, 0.4) is 0 Å². The van der Waals surface area contributed by atoms with Crippen LogP contribution < -0.4 is 34.2 Å². The molecule has 0 aliphatic heterocycles. The zero-order chi connectivity index (χ0) is 27.8. The molecule has 1 atom stereocenters. The number of anilines is 1. The molecule has 0 saturated heterocycles. The largest absolute Gasteiger partial charge is 1.00 e. The second-order valence-corrected chi connectivity index (χ2v) is 11.4. The van der Waals surface area contributed by atoms with Crippen molar-refractivity contribution in [2.75, 3.05) is 16.9 Å². The van der Waals surface area contributed by atoms with Crippen molar-refractivity contribution in [1.29, 1.82) is 0 Å². The number of nitrogens with zero attached hydrogens (tertiary/aromatic N) is 2. The Morgan fingerprint density at radius 3 is 2.38 bits per heavy atom. The van der Waals surface area contributed by atoms with E-state index in [0.717, 1.165) is 38.6 Å². The monoisotopic (exact) mass is 565 g/mol. The third-order valence-electron chi connectivity index (χ3n) is 6.48. The number of para-hydroxylation sites is 1. The minimum atomic E-state index is -1.28. The Morgan fingerprint density at radius 2 is 1.73 bits per heavy atom. The van der Waals surface area contributed by atoms with Crippen molar-refractivity contribution in [3.05, 3.63) is 106 Å². The summed E-state index contributed by atoms with van der Waals surface area (Å²) >= 11 is 3.16. The third kappa shape index (κ3) is 8.25. The first-order valence-corrected chi connectivity index (χ1v) is 15.0. The number of aryl methyl sites for hydroxylation is 2. The molecule has 1 heterocycles. The number of carbonyl (C=O) groups is 2. The summed E-state index contributed by atoms with van der Waals surface area (Å²) < 4.78 is 0. The van der Waals surface area contributed by atoms with E-state index in [1.807, 2.05) is 74.7 Å². The quantitative estimate of drug-likeness (QED) is 0.265. The topological polar surface area (TPSA) is 85.4 Å². The molecule has 202 valence electrons. The van der Waals surface area contributed by atoms with Gasteiger partial charge >= 0.3 is 18.9 Å². The maximum Gasteiger partial charge on any atom is 1.00 e. The summed E-state index contributed by atoms with van der Waals surface area (Å²) in [7, 11) is 0. The summed E-state index contributed by atoms with van der Waals surface area (Å²) in [5.74, 6) is -1.09. The molecule has 0 radical (unpaired) electrons. The van der Waals surface area contributed by atoms with E-state index in [9.17, 15) is 14.7 Å². The van der Waals surface area contributed by atoms with E-state index in [-0.39, 0.29) is 18.9 Å². The minimum absolute atomic E-state index is 0. The fraction of sp³-hybridized carbons (Fsp3) is 0.258. The number of thiazole rings is 1. The zero-order valence-corrected chi connectivity index (χ0v) is 25.0. The van der Waals surface area contributed by atoms with Crippen LogP contribution in [-0.4, -0.2) is 34.9 Å². The van der Waals surface area contributed by atoms with Gasteiger partial charge in [0, 0.05) is 23.2 Å². The van der Waals surface area contributed by atoms with Gasteiger partial charge in [-0.25, -0.2) is 4.98 Å². The Labute approximate surface area is 256 Å². The van der Waals surface area contributed by atoms with Gasteiger partial charge in [-0.15, -0.1) is 11.3 Å². The van der Waals surface area contributed by atoms with Gasteiger partial charge in [0.15, 0.2) is 0 Å². The SMILES string of the molecule is CSCCC(NC(=O)c1ccc(CN(Cc2csc(C)n2)c2ccccc2)cc1-c1ccccc1C)C(=O)[O-].[Li+]. The van der Waals surface area contributed by atoms with Crippen LogP contribution in [0.2, 0.25) is 0 Å². The molecule has 4 aromatic rings. The Kier molecular flexibility index (Phi) is 11.9. The van der Waals surface area contributed by atoms with Crippen LogP contribution in [0.1, 0.15) is 38.6 Å². The predicted molar refractivity (Wildman–Crippen MR) is 159 cm³/mol. The number of carboxylic acids is 1. The van der Waals surface area contributed by atoms with Gasteiger partial charge in [-0.2, -0.15) is 11.8 Å². The standard InChI is InChI=1S/C31H33N3O3S2.Li/c1-21-9-7-8-12-26(21)28-17-23(13-14-27(28)30(35)33-29(31(36)37)15-16-38-3)18-34(25-10-5-4-6-11-25)19-24-20-39-22(2)32-24;/h4-14,17,20,29H,15-16,18-19H2,1-3H3,(H,33,35)(H,36,37);/q;+1/p-1. The van der Waals surface area contributed by atoms with Crippen molar-refractivity contribution < 1.29 is 33.6 Å². The zero-order valence-electron chi connectivity index (χ0n) is 23.3. The van der Waals surface area contributed by atoms with E-state index in [4.69, 9.17) is 0 Å². The molecule has 4 rings (SSSR count). The van der Waals surface area contributed by atoms with Crippen LogP contribution >= 0.6 is 23.1 Å². The molecule has 0 aliphatic carbocycles. The molecule has 1 aromatic heterocycles. The van der Waals surface area contributed by atoms with E-state index in [0.29, 0.717) is 30.8 Å². The van der Waals surface area contributed by atoms with Crippen molar-refractivity contribution in [3.63, 3.8) is 0 Å². The number of carbonyl (C=O) groups excluding carboxylic acids is 2. The van der Waals surface area contributed by atoms with Gasteiger partial charge in [0.2, 0.25) is 0 Å². The minimum Gasteiger partial charge on any atom is -0.548 e. The number of amides is 1. The molecule has 3 aromatic carbocycles. The van der Waals surface area contributed by atoms with Gasteiger partial charge < -0.3 is 20.1 Å². The van der Waals surface area contributed by atoms with E-state index < -0.39 is 17.9 Å². The molecule has 1 unspecified atom stereocenters. The first-order valence-electron chi connectivity index (χ1n) is 12.8. The summed E-state index contributed by atoms with van der Waals surface area (Å²) in [5.41, 5.74) is 6.27. The van der Waals surface area contributed by atoms with Gasteiger partial charge in [-0.1, -0.05) is 48.5 Å². The first kappa shape index (κ1) is 31.5. The van der Waals surface area contributed by atoms with Crippen LogP contribution in [0, 0.1) is 13.8 Å². The molecule has 6 nitrogen and oxygen atoms in total. The molecule has 0 fully saturated rings. The Morgan fingerprint density at radius 1 is 1.00 bits per heavy atom. The number of thioether (sulfide) groups is 1. The first-order chi connectivity index (χ1) is 18.9. The molecule has 40 heavy (non-hydrogen) atoms. The van der Waals surface area contributed by atoms with E-state index in [2.05, 4.69) is 32.7 Å². The molecule has 0 bridgehead atoms. The van der Waals surface area contributed by atoms with Crippen LogP contribution in [0.15, 0.2) is 78.2 Å². The predicted octanol–water partition coefficient (Wildman–Crippen LogP) is 2.24. The average Bonchev–Trinajstić information content (AvgIpc) is 3.35. The van der Waals surface area contributed by atoms with Crippen molar-refractivity contribution in [3.8, 4) is 11.1 Å². The average molecular weight is 566 g/mol. The number of hydrogen-bond donors (Lipinski definition) is 1. The maximum absolute atomic E-state index is 13.4. The van der Waals surface area contributed by atoms with Crippen LogP contribution in [0.25, 0.3) is 11.1 Å². The molecule has 9 heteroatoms. The van der Waals surface area contributed by atoms with Crippen molar-refractivity contribution in [2.45, 2.75) is 39.4 Å². The molecular weight excluding hydrogens is 533 g/mol. The maximum atomic E-state index is 13.4. The number of hydrogen-bond acceptors (Lipinski definition) is 7. The summed E-state index contributed by atoms with van der Waals surface area (Å²) in [4.78, 5) is 32.0. The smallest absolute Gasteiger partial charge is 0.548 e. The van der Waals surface area contributed by atoms with Gasteiger partial charge in [0.25, 0.3) is 5.91 Å². The molecule has 1 N–H and O–H groups in total. The summed E-state index contributed by atoms with van der Waals surface area (Å²) in [6, 6.07) is 22.8. The summed E-state index contributed by atoms with van der Waals surface area (Å²) in [6.45, 7) is 5.27. The van der Waals surface area contributed by atoms with E-state index >= 15 is 0 Å². The third-order valence-corrected chi connectivity index (χ3v) is 7.94. The van der Waals surface area contributed by atoms with Crippen molar-refractivity contribution in [2.24, 2.45) is 0 Å². The van der Waals surface area contributed by atoms with Gasteiger partial charge in [-0.05, 0) is 78.8 Å². The van der Waals surface area contributed by atoms with Crippen molar-refractivity contribution in [1.82, 2.24) is 10.3 Å². The van der Waals surface area contributed by atoms with Crippen LogP contribution in [0.4, 0.5) is 5.69 Å². The Balaban J connectivity index is 0.00000441. The number of carboxylic acid groups (broad SMARTS) is 1. The fourth-order valence-corrected chi connectivity index (χ4v) is 5.56. The number of aliphatic carboxylic acids is 1. The number of rotatable bonds is 12. The second kappa shape index (κ2) is 15.1. The second-order valence-electron chi connectivity index (χ2n) is 9.37. The molecule has 0 aliphatic rings. The number of nitrogens with one attached hydrogen (secondary N) is 1. The van der Waals surface area contributed by atoms with Crippen LogP contribution in [-0.2, 0) is 17.9 Å². The van der Waals surface area contributed by atoms with E-state index in [1.54, 1.807) is 17.4 Å². The van der Waals surface area contributed by atoms with Gasteiger partial charge in [0.1, 0.15) is 0 Å². The van der Waals surface area contributed by atoms with Crippen molar-refractivity contribution >= 4 is 40.7 Å². The molecule has 0 spiro atoms. The van der Waals surface area contributed by atoms with Gasteiger partial charge in [0.05, 0.1) is 29.3 Å². The summed E-state index contributed by atoms with van der Waals surface area (Å²) in [5, 5.41) is 17.5. The normalized spacial score (nSPS) is 11.4. The molecule has 0 saturated carbocycles. The molecule has 1 amide bonds. The van der Waals surface area contributed by atoms with E-state index in [1.165, 1.54) is 11.8 Å². The number of aromatic nitrogens is 1. The van der Waals surface area contributed by atoms with Crippen LogP contribution in [0.5, 0.6) is 0 Å². The molecular formula is C31H32LiN3O3S2. The Bertz CT molecular complexity index is 1430. The number of benzene rings is 3. The fourth-order valence-electron chi connectivity index (χ4n) is 4.48.